The van der Waals surface area contributed by atoms with Crippen molar-refractivity contribution in [3.63, 3.8) is 0 Å². The van der Waals surface area contributed by atoms with Gasteiger partial charge in [-0.2, -0.15) is 0 Å². The highest BCUT2D eigenvalue weighted by atomic mass is 32.2. The molecule has 0 aromatic heterocycles. The summed E-state index contributed by atoms with van der Waals surface area (Å²) < 4.78 is 58.1. The number of nitrogens with two attached hydrogens (primary N) is 1. The zero-order valence-corrected chi connectivity index (χ0v) is 11.7. The van der Waals surface area contributed by atoms with Gasteiger partial charge in [-0.05, 0) is 30.3 Å². The van der Waals surface area contributed by atoms with Crippen molar-refractivity contribution >= 4 is 21.4 Å². The van der Waals surface area contributed by atoms with Gasteiger partial charge in [-0.3, -0.25) is 4.72 Å². The number of benzene rings is 2. The first-order valence-electron chi connectivity index (χ1n) is 5.75. The summed E-state index contributed by atoms with van der Waals surface area (Å²) in [6, 6.07) is 6.58. The standard InChI is InChI=1S/C13H12F2N2O3S/c1-20-8-2-4-10(14)13(6-8)17-21(18,19)9-3-5-12(16)11(15)7-9/h2-7,17H,16H2,1H3. The molecule has 0 heterocycles. The molecule has 0 spiro atoms. The fourth-order valence-corrected chi connectivity index (χ4v) is 2.66. The number of ether oxygens (including phenoxy) is 1. The summed E-state index contributed by atoms with van der Waals surface area (Å²) in [6.45, 7) is 0. The lowest BCUT2D eigenvalue weighted by atomic mass is 10.3. The zero-order valence-electron chi connectivity index (χ0n) is 10.9. The van der Waals surface area contributed by atoms with Gasteiger partial charge in [0.1, 0.15) is 17.4 Å². The normalized spacial score (nSPS) is 11.2. The van der Waals surface area contributed by atoms with Crippen LogP contribution in [-0.4, -0.2) is 15.5 Å². The third-order valence-electron chi connectivity index (χ3n) is 2.70. The van der Waals surface area contributed by atoms with Crippen LogP contribution in [0, 0.1) is 11.6 Å². The van der Waals surface area contributed by atoms with E-state index in [2.05, 4.69) is 0 Å². The van der Waals surface area contributed by atoms with Crippen LogP contribution in [-0.2, 0) is 10.0 Å². The fraction of sp³-hybridized carbons (Fsp3) is 0.0769. The van der Waals surface area contributed by atoms with Crippen LogP contribution in [0.25, 0.3) is 0 Å². The zero-order chi connectivity index (χ0) is 15.6. The molecule has 8 heteroatoms. The molecule has 2 aromatic carbocycles. The molecule has 21 heavy (non-hydrogen) atoms. The van der Waals surface area contributed by atoms with Crippen molar-refractivity contribution in [3.8, 4) is 5.75 Å². The number of sulfonamides is 1. The predicted octanol–water partition coefficient (Wildman–Crippen LogP) is 2.36. The van der Waals surface area contributed by atoms with Gasteiger partial charge < -0.3 is 10.5 Å². The topological polar surface area (TPSA) is 81.4 Å². The number of hydrogen-bond donors (Lipinski definition) is 2. The van der Waals surface area contributed by atoms with E-state index in [4.69, 9.17) is 10.5 Å². The van der Waals surface area contributed by atoms with Gasteiger partial charge in [0.25, 0.3) is 10.0 Å². The molecule has 3 N–H and O–H groups in total. The molecule has 0 amide bonds. The van der Waals surface area contributed by atoms with Gasteiger partial charge in [0.2, 0.25) is 0 Å². The van der Waals surface area contributed by atoms with E-state index in [0.29, 0.717) is 0 Å². The van der Waals surface area contributed by atoms with E-state index in [1.54, 1.807) is 0 Å². The van der Waals surface area contributed by atoms with E-state index in [1.807, 2.05) is 4.72 Å². The Morgan fingerprint density at radius 3 is 2.43 bits per heavy atom. The van der Waals surface area contributed by atoms with E-state index in [9.17, 15) is 17.2 Å². The summed E-state index contributed by atoms with van der Waals surface area (Å²) in [5.74, 6) is -1.38. The van der Waals surface area contributed by atoms with Crippen molar-refractivity contribution < 1.29 is 21.9 Å². The second-order valence-electron chi connectivity index (χ2n) is 4.13. The summed E-state index contributed by atoms with van der Waals surface area (Å²) >= 11 is 0. The summed E-state index contributed by atoms with van der Waals surface area (Å²) in [5.41, 5.74) is 4.80. The Hall–Kier alpha value is -2.35. The monoisotopic (exact) mass is 314 g/mol. The predicted molar refractivity (Wildman–Crippen MR) is 74.6 cm³/mol. The average Bonchev–Trinajstić information content (AvgIpc) is 2.44. The van der Waals surface area contributed by atoms with Gasteiger partial charge in [-0.1, -0.05) is 0 Å². The quantitative estimate of drug-likeness (QED) is 0.849. The van der Waals surface area contributed by atoms with Gasteiger partial charge in [-0.25, -0.2) is 17.2 Å². The van der Waals surface area contributed by atoms with Crippen LogP contribution in [0.2, 0.25) is 0 Å². The Balaban J connectivity index is 2.39. The SMILES string of the molecule is COc1ccc(F)c(NS(=O)(=O)c2ccc(N)c(F)c2)c1. The van der Waals surface area contributed by atoms with Gasteiger partial charge in [0.05, 0.1) is 23.4 Å². The minimum absolute atomic E-state index is 0.179. The molecule has 112 valence electrons. The van der Waals surface area contributed by atoms with Crippen LogP contribution in [0.1, 0.15) is 0 Å². The first-order valence-corrected chi connectivity index (χ1v) is 7.23. The summed E-state index contributed by atoms with van der Waals surface area (Å²) in [4.78, 5) is -0.364. The third kappa shape index (κ3) is 3.22. The maximum Gasteiger partial charge on any atom is 0.262 e. The second-order valence-corrected chi connectivity index (χ2v) is 5.82. The van der Waals surface area contributed by atoms with Crippen molar-refractivity contribution in [1.29, 1.82) is 0 Å². The van der Waals surface area contributed by atoms with Crippen LogP contribution >= 0.6 is 0 Å². The molecular weight excluding hydrogens is 302 g/mol. The molecule has 0 fully saturated rings. The first kappa shape index (κ1) is 15.0. The molecule has 2 aromatic rings. The summed E-state index contributed by atoms with van der Waals surface area (Å²) in [6.07, 6.45) is 0. The highest BCUT2D eigenvalue weighted by molar-refractivity contribution is 7.92. The van der Waals surface area contributed by atoms with Crippen LogP contribution in [0.5, 0.6) is 5.75 Å². The second kappa shape index (κ2) is 5.57. The average molecular weight is 314 g/mol. The summed E-state index contributed by atoms with van der Waals surface area (Å²) in [5, 5.41) is 0. The molecule has 0 radical (unpaired) electrons. The molecular formula is C13H12F2N2O3S. The van der Waals surface area contributed by atoms with Gasteiger partial charge >= 0.3 is 0 Å². The number of nitrogen functional groups attached to an aromatic ring is 1. The Morgan fingerprint density at radius 1 is 1.10 bits per heavy atom. The minimum atomic E-state index is -4.14. The Morgan fingerprint density at radius 2 is 1.81 bits per heavy atom. The molecule has 2 rings (SSSR count). The van der Waals surface area contributed by atoms with E-state index in [-0.39, 0.29) is 22.0 Å². The molecule has 5 nitrogen and oxygen atoms in total. The Kier molecular flexibility index (Phi) is 3.99. The number of rotatable bonds is 4. The maximum absolute atomic E-state index is 13.6. The van der Waals surface area contributed by atoms with Gasteiger partial charge in [0.15, 0.2) is 0 Å². The number of methoxy groups -OCH3 is 1. The van der Waals surface area contributed by atoms with Crippen LogP contribution in [0.4, 0.5) is 20.2 Å². The molecule has 0 bridgehead atoms. The lowest BCUT2D eigenvalue weighted by Crippen LogP contribution is -2.14. The molecule has 0 aliphatic heterocycles. The van der Waals surface area contributed by atoms with Crippen molar-refractivity contribution in [3.05, 3.63) is 48.0 Å². The van der Waals surface area contributed by atoms with E-state index in [1.165, 1.54) is 19.2 Å². The van der Waals surface area contributed by atoms with Crippen molar-refractivity contribution in [2.45, 2.75) is 4.90 Å². The number of nitrogens with one attached hydrogen (secondary N) is 1. The first-order chi connectivity index (χ1) is 9.83. The minimum Gasteiger partial charge on any atom is -0.497 e. The van der Waals surface area contributed by atoms with Crippen LogP contribution < -0.4 is 15.2 Å². The lowest BCUT2D eigenvalue weighted by molar-refractivity contribution is 0.414. The van der Waals surface area contributed by atoms with E-state index in [0.717, 1.165) is 24.3 Å². The number of anilines is 2. The summed E-state index contributed by atoms with van der Waals surface area (Å²) in [7, 11) is -2.78. The third-order valence-corrected chi connectivity index (χ3v) is 4.06. The molecule has 0 aliphatic rings. The van der Waals surface area contributed by atoms with Gasteiger partial charge in [0, 0.05) is 6.07 Å². The Bertz CT molecular complexity index is 779. The molecule has 0 saturated heterocycles. The number of hydrogen-bond acceptors (Lipinski definition) is 4. The van der Waals surface area contributed by atoms with Crippen LogP contribution in [0.3, 0.4) is 0 Å². The maximum atomic E-state index is 13.6. The van der Waals surface area contributed by atoms with Gasteiger partial charge in [-0.15, -0.1) is 0 Å². The largest absolute Gasteiger partial charge is 0.497 e. The van der Waals surface area contributed by atoms with Crippen molar-refractivity contribution in [2.24, 2.45) is 0 Å². The smallest absolute Gasteiger partial charge is 0.262 e. The molecule has 0 aliphatic carbocycles. The van der Waals surface area contributed by atoms with E-state index < -0.39 is 21.7 Å². The van der Waals surface area contributed by atoms with Crippen molar-refractivity contribution in [2.75, 3.05) is 17.6 Å². The highest BCUT2D eigenvalue weighted by Crippen LogP contribution is 2.25. The highest BCUT2D eigenvalue weighted by Gasteiger charge is 2.18. The van der Waals surface area contributed by atoms with E-state index >= 15 is 0 Å². The molecule has 0 saturated carbocycles. The fourth-order valence-electron chi connectivity index (χ4n) is 1.59. The number of halogens is 2. The van der Waals surface area contributed by atoms with Crippen LogP contribution in [0.15, 0.2) is 41.3 Å². The lowest BCUT2D eigenvalue weighted by Gasteiger charge is -2.10. The Labute approximate surface area is 120 Å². The molecule has 0 unspecified atom stereocenters. The van der Waals surface area contributed by atoms with Crippen molar-refractivity contribution in [1.82, 2.24) is 0 Å². The molecule has 0 atom stereocenters.